The van der Waals surface area contributed by atoms with Gasteiger partial charge in [-0.15, -0.1) is 22.9 Å². The van der Waals surface area contributed by atoms with Crippen molar-refractivity contribution in [3.8, 4) is 0 Å². The highest BCUT2D eigenvalue weighted by Crippen LogP contribution is 2.00. The van der Waals surface area contributed by atoms with E-state index in [1.165, 1.54) is 11.3 Å². The lowest BCUT2D eigenvalue weighted by Crippen LogP contribution is -2.33. The van der Waals surface area contributed by atoms with Crippen LogP contribution in [0.2, 0.25) is 0 Å². The SMILES string of the molecule is CC(CCl)NC(=O)c1cscn1. The van der Waals surface area contributed by atoms with Crippen LogP contribution in [-0.2, 0) is 0 Å². The molecular formula is C7H9ClN2OS. The summed E-state index contributed by atoms with van der Waals surface area (Å²) in [5.74, 6) is 0.250. The van der Waals surface area contributed by atoms with Crippen LogP contribution in [0.15, 0.2) is 10.9 Å². The average molecular weight is 205 g/mol. The lowest BCUT2D eigenvalue weighted by Gasteiger charge is -2.07. The Kier molecular flexibility index (Phi) is 3.49. The van der Waals surface area contributed by atoms with Crippen molar-refractivity contribution in [2.24, 2.45) is 0 Å². The summed E-state index contributed by atoms with van der Waals surface area (Å²) in [4.78, 5) is 15.1. The second-order valence-corrected chi connectivity index (χ2v) is 3.43. The predicted octanol–water partition coefficient (Wildman–Crippen LogP) is 1.50. The molecule has 1 unspecified atom stereocenters. The van der Waals surface area contributed by atoms with Crippen molar-refractivity contribution < 1.29 is 4.79 Å². The lowest BCUT2D eigenvalue weighted by atomic mass is 10.3. The molecular weight excluding hydrogens is 196 g/mol. The third kappa shape index (κ3) is 2.46. The van der Waals surface area contributed by atoms with E-state index in [0.717, 1.165) is 0 Å². The number of rotatable bonds is 3. The summed E-state index contributed by atoms with van der Waals surface area (Å²) in [6.07, 6.45) is 0. The van der Waals surface area contributed by atoms with E-state index in [4.69, 9.17) is 11.6 Å². The summed E-state index contributed by atoms with van der Waals surface area (Å²) >= 11 is 6.92. The van der Waals surface area contributed by atoms with Crippen molar-refractivity contribution in [2.75, 3.05) is 5.88 Å². The van der Waals surface area contributed by atoms with E-state index < -0.39 is 0 Å². The molecule has 1 heterocycles. The van der Waals surface area contributed by atoms with Gasteiger partial charge in [0.05, 0.1) is 5.51 Å². The molecule has 0 spiro atoms. The molecule has 0 aromatic carbocycles. The molecule has 0 bridgehead atoms. The van der Waals surface area contributed by atoms with Crippen molar-refractivity contribution in [3.05, 3.63) is 16.6 Å². The van der Waals surface area contributed by atoms with Crippen LogP contribution in [0.4, 0.5) is 0 Å². The van der Waals surface area contributed by atoms with Crippen LogP contribution in [0.1, 0.15) is 17.4 Å². The molecule has 0 saturated heterocycles. The van der Waals surface area contributed by atoms with Crippen LogP contribution < -0.4 is 5.32 Å². The third-order valence-corrected chi connectivity index (χ3v) is 2.32. The minimum absolute atomic E-state index is 0.0131. The zero-order valence-corrected chi connectivity index (χ0v) is 8.15. The Hall–Kier alpha value is -0.610. The number of halogens is 1. The first-order chi connectivity index (χ1) is 5.74. The Balaban J connectivity index is 2.50. The van der Waals surface area contributed by atoms with Gasteiger partial charge in [-0.3, -0.25) is 4.79 Å². The summed E-state index contributed by atoms with van der Waals surface area (Å²) in [7, 11) is 0. The summed E-state index contributed by atoms with van der Waals surface area (Å²) in [5.41, 5.74) is 2.08. The van der Waals surface area contributed by atoms with Gasteiger partial charge in [-0.05, 0) is 6.92 Å². The predicted molar refractivity (Wildman–Crippen MR) is 49.8 cm³/mol. The second-order valence-electron chi connectivity index (χ2n) is 2.40. The average Bonchev–Trinajstić information content (AvgIpc) is 2.56. The van der Waals surface area contributed by atoms with E-state index in [9.17, 15) is 4.79 Å². The fourth-order valence-electron chi connectivity index (χ4n) is 0.661. The van der Waals surface area contributed by atoms with Crippen molar-refractivity contribution in [1.82, 2.24) is 10.3 Å². The van der Waals surface area contributed by atoms with Gasteiger partial charge < -0.3 is 5.32 Å². The Labute approximate surface area is 79.8 Å². The maximum atomic E-state index is 11.2. The topological polar surface area (TPSA) is 42.0 Å². The monoisotopic (exact) mass is 204 g/mol. The smallest absolute Gasteiger partial charge is 0.270 e. The van der Waals surface area contributed by atoms with Crippen molar-refractivity contribution in [2.45, 2.75) is 13.0 Å². The van der Waals surface area contributed by atoms with E-state index in [1.807, 2.05) is 6.92 Å². The second kappa shape index (κ2) is 4.42. The number of nitrogens with one attached hydrogen (secondary N) is 1. The third-order valence-electron chi connectivity index (χ3n) is 1.27. The quantitative estimate of drug-likeness (QED) is 0.759. The first-order valence-electron chi connectivity index (χ1n) is 3.49. The number of alkyl halides is 1. The fourth-order valence-corrected chi connectivity index (χ4v) is 1.27. The van der Waals surface area contributed by atoms with E-state index in [0.29, 0.717) is 11.6 Å². The molecule has 3 nitrogen and oxygen atoms in total. The van der Waals surface area contributed by atoms with Crippen molar-refractivity contribution in [3.63, 3.8) is 0 Å². The maximum absolute atomic E-state index is 11.2. The molecule has 5 heteroatoms. The normalized spacial score (nSPS) is 12.5. The number of hydrogen-bond donors (Lipinski definition) is 1. The van der Waals surface area contributed by atoms with Gasteiger partial charge >= 0.3 is 0 Å². The van der Waals surface area contributed by atoms with Gasteiger partial charge in [0.25, 0.3) is 5.91 Å². The molecule has 1 aromatic heterocycles. The molecule has 0 fully saturated rings. The highest BCUT2D eigenvalue weighted by atomic mass is 35.5. The van der Waals surface area contributed by atoms with E-state index in [2.05, 4.69) is 10.3 Å². The number of aromatic nitrogens is 1. The maximum Gasteiger partial charge on any atom is 0.270 e. The largest absolute Gasteiger partial charge is 0.347 e. The molecule has 66 valence electrons. The van der Waals surface area contributed by atoms with Crippen molar-refractivity contribution in [1.29, 1.82) is 0 Å². The zero-order chi connectivity index (χ0) is 8.97. The van der Waals surface area contributed by atoms with Gasteiger partial charge in [0, 0.05) is 17.3 Å². The van der Waals surface area contributed by atoms with E-state index >= 15 is 0 Å². The summed E-state index contributed by atoms with van der Waals surface area (Å²) < 4.78 is 0. The summed E-state index contributed by atoms with van der Waals surface area (Å²) in [6.45, 7) is 1.84. The molecule has 1 atom stereocenters. The number of thiazole rings is 1. The van der Waals surface area contributed by atoms with Gasteiger partial charge in [-0.2, -0.15) is 0 Å². The van der Waals surface area contributed by atoms with Crippen molar-refractivity contribution >= 4 is 28.8 Å². The molecule has 12 heavy (non-hydrogen) atoms. The summed E-state index contributed by atoms with van der Waals surface area (Å²) in [6, 6.07) is -0.0131. The molecule has 1 amide bonds. The molecule has 1 aromatic rings. The first-order valence-corrected chi connectivity index (χ1v) is 4.96. The molecule has 0 aliphatic rings. The van der Waals surface area contributed by atoms with Gasteiger partial charge in [-0.25, -0.2) is 4.98 Å². The fraction of sp³-hybridized carbons (Fsp3) is 0.429. The number of carbonyl (C=O) groups excluding carboxylic acids is 1. The number of nitrogens with zero attached hydrogens (tertiary/aromatic N) is 1. The van der Waals surface area contributed by atoms with Gasteiger partial charge in [0.15, 0.2) is 0 Å². The molecule has 0 radical (unpaired) electrons. The number of amides is 1. The molecule has 0 aliphatic carbocycles. The van der Waals surface area contributed by atoms with Crippen LogP contribution in [0, 0.1) is 0 Å². The Morgan fingerprint density at radius 3 is 3.17 bits per heavy atom. The Morgan fingerprint density at radius 1 is 1.92 bits per heavy atom. The molecule has 1 rings (SSSR count). The number of carbonyl (C=O) groups is 1. The molecule has 0 aliphatic heterocycles. The van der Waals surface area contributed by atoms with E-state index in [1.54, 1.807) is 10.9 Å². The van der Waals surface area contributed by atoms with Gasteiger partial charge in [0.1, 0.15) is 5.69 Å². The lowest BCUT2D eigenvalue weighted by molar-refractivity contribution is 0.0939. The number of hydrogen-bond acceptors (Lipinski definition) is 3. The van der Waals surface area contributed by atoms with Gasteiger partial charge in [0.2, 0.25) is 0 Å². The zero-order valence-electron chi connectivity index (χ0n) is 6.58. The molecule has 1 N–H and O–H groups in total. The van der Waals surface area contributed by atoms with Crippen LogP contribution in [0.3, 0.4) is 0 Å². The summed E-state index contributed by atoms with van der Waals surface area (Å²) in [5, 5.41) is 4.41. The minimum atomic E-state index is -0.163. The highest BCUT2D eigenvalue weighted by molar-refractivity contribution is 7.07. The van der Waals surface area contributed by atoms with Crippen LogP contribution in [0.25, 0.3) is 0 Å². The van der Waals surface area contributed by atoms with E-state index in [-0.39, 0.29) is 11.9 Å². The van der Waals surface area contributed by atoms with Crippen LogP contribution in [0.5, 0.6) is 0 Å². The van der Waals surface area contributed by atoms with Gasteiger partial charge in [-0.1, -0.05) is 0 Å². The standard InChI is InChI=1S/C7H9ClN2OS/c1-5(2-8)10-7(11)6-3-12-4-9-6/h3-5H,2H2,1H3,(H,10,11). The van der Waals surface area contributed by atoms with Crippen LogP contribution in [-0.4, -0.2) is 22.8 Å². The first kappa shape index (κ1) is 9.48. The minimum Gasteiger partial charge on any atom is -0.347 e. The van der Waals surface area contributed by atoms with Crippen LogP contribution >= 0.6 is 22.9 Å². The highest BCUT2D eigenvalue weighted by Gasteiger charge is 2.09. The Bertz CT molecular complexity index is 250. The molecule has 0 saturated carbocycles. The Morgan fingerprint density at radius 2 is 2.67 bits per heavy atom.